The van der Waals surface area contributed by atoms with Gasteiger partial charge in [0.25, 0.3) is 5.56 Å². The zero-order valence-corrected chi connectivity index (χ0v) is 13.1. The van der Waals surface area contributed by atoms with Gasteiger partial charge in [0.15, 0.2) is 0 Å². The summed E-state index contributed by atoms with van der Waals surface area (Å²) in [5, 5.41) is 3.15. The summed E-state index contributed by atoms with van der Waals surface area (Å²) >= 11 is 0. The molecule has 0 fully saturated rings. The highest BCUT2D eigenvalue weighted by atomic mass is 19.1. The maximum atomic E-state index is 13.5. The summed E-state index contributed by atoms with van der Waals surface area (Å²) in [6, 6.07) is 11.6. The molecule has 0 saturated carbocycles. The van der Waals surface area contributed by atoms with Crippen LogP contribution in [0.4, 0.5) is 10.1 Å². The Kier molecular flexibility index (Phi) is 4.37. The lowest BCUT2D eigenvalue weighted by Crippen LogP contribution is -2.16. The summed E-state index contributed by atoms with van der Waals surface area (Å²) in [4.78, 5) is 31.0. The normalized spacial score (nSPS) is 10.8. The second kappa shape index (κ2) is 6.62. The fourth-order valence-corrected chi connectivity index (χ4v) is 2.38. The van der Waals surface area contributed by atoms with Crippen molar-refractivity contribution in [1.29, 1.82) is 0 Å². The highest BCUT2D eigenvalue weighted by Gasteiger charge is 2.08. The molecule has 1 heterocycles. The van der Waals surface area contributed by atoms with Crippen molar-refractivity contribution >= 4 is 22.5 Å². The molecular weight excluding hydrogens is 309 g/mol. The Morgan fingerprint density at radius 1 is 1.25 bits per heavy atom. The molecule has 0 spiro atoms. The van der Waals surface area contributed by atoms with E-state index in [2.05, 4.69) is 15.3 Å². The third-order valence-electron chi connectivity index (χ3n) is 3.71. The van der Waals surface area contributed by atoms with Crippen LogP contribution < -0.4 is 10.9 Å². The number of anilines is 1. The molecule has 0 aliphatic carbocycles. The van der Waals surface area contributed by atoms with Crippen LogP contribution in [0, 0.1) is 12.7 Å². The van der Waals surface area contributed by atoms with Crippen LogP contribution in [-0.2, 0) is 11.2 Å². The van der Waals surface area contributed by atoms with Crippen LogP contribution in [0.5, 0.6) is 0 Å². The average Bonchev–Trinajstić information content (AvgIpc) is 2.56. The molecule has 1 amide bonds. The van der Waals surface area contributed by atoms with Crippen LogP contribution in [-0.4, -0.2) is 15.9 Å². The van der Waals surface area contributed by atoms with Gasteiger partial charge in [-0.1, -0.05) is 18.2 Å². The number of carbonyl (C=O) groups is 1. The summed E-state index contributed by atoms with van der Waals surface area (Å²) in [6.07, 6.45) is 0.428. The Morgan fingerprint density at radius 3 is 2.83 bits per heavy atom. The van der Waals surface area contributed by atoms with E-state index in [1.54, 1.807) is 43.3 Å². The summed E-state index contributed by atoms with van der Waals surface area (Å²) in [6.45, 7) is 1.66. The van der Waals surface area contributed by atoms with E-state index in [4.69, 9.17) is 0 Å². The lowest BCUT2D eigenvalue weighted by molar-refractivity contribution is -0.116. The second-order valence-corrected chi connectivity index (χ2v) is 5.54. The molecule has 122 valence electrons. The van der Waals surface area contributed by atoms with E-state index in [-0.39, 0.29) is 23.7 Å². The first-order chi connectivity index (χ1) is 11.5. The number of carbonyl (C=O) groups excluding carboxylic acids is 1. The number of H-pyrrole nitrogens is 1. The molecule has 3 rings (SSSR count). The number of amides is 1. The topological polar surface area (TPSA) is 74.8 Å². The Bertz CT molecular complexity index is 966. The van der Waals surface area contributed by atoms with Gasteiger partial charge in [-0.3, -0.25) is 9.59 Å². The number of aromatic nitrogens is 2. The Balaban J connectivity index is 1.68. The van der Waals surface area contributed by atoms with Gasteiger partial charge in [-0.2, -0.15) is 0 Å². The Morgan fingerprint density at radius 2 is 2.04 bits per heavy atom. The van der Waals surface area contributed by atoms with Crippen molar-refractivity contribution in [3.63, 3.8) is 0 Å². The number of para-hydroxylation sites is 1. The van der Waals surface area contributed by atoms with Gasteiger partial charge >= 0.3 is 0 Å². The van der Waals surface area contributed by atoms with Crippen molar-refractivity contribution in [2.75, 3.05) is 5.32 Å². The van der Waals surface area contributed by atoms with Gasteiger partial charge < -0.3 is 10.3 Å². The third-order valence-corrected chi connectivity index (χ3v) is 3.71. The van der Waals surface area contributed by atoms with E-state index in [1.807, 2.05) is 0 Å². The van der Waals surface area contributed by atoms with E-state index >= 15 is 0 Å². The maximum Gasteiger partial charge on any atom is 0.258 e. The molecule has 0 aliphatic rings. The molecule has 24 heavy (non-hydrogen) atoms. The van der Waals surface area contributed by atoms with E-state index in [0.29, 0.717) is 34.4 Å². The minimum atomic E-state index is -0.367. The van der Waals surface area contributed by atoms with Gasteiger partial charge in [0, 0.05) is 18.5 Å². The summed E-state index contributed by atoms with van der Waals surface area (Å²) in [7, 11) is 0. The first-order valence-electron chi connectivity index (χ1n) is 7.57. The quantitative estimate of drug-likeness (QED) is 0.774. The van der Waals surface area contributed by atoms with E-state index in [1.165, 1.54) is 6.07 Å². The van der Waals surface area contributed by atoms with Gasteiger partial charge in [0.05, 0.1) is 10.9 Å². The van der Waals surface area contributed by atoms with Gasteiger partial charge in [-0.15, -0.1) is 0 Å². The molecule has 0 saturated heterocycles. The largest absolute Gasteiger partial charge is 0.326 e. The monoisotopic (exact) mass is 325 g/mol. The van der Waals surface area contributed by atoms with Crippen molar-refractivity contribution in [3.8, 4) is 0 Å². The standard InChI is InChI=1S/C18H16FN3O2/c1-11-6-7-12(10-14(11)19)20-17(23)9-8-16-21-15-5-3-2-4-13(15)18(24)22-16/h2-7,10H,8-9H2,1H3,(H,20,23)(H,21,22,24). The fraction of sp³-hybridized carbons (Fsp3) is 0.167. The van der Waals surface area contributed by atoms with Crippen molar-refractivity contribution in [2.24, 2.45) is 0 Å². The first kappa shape index (κ1) is 15.9. The summed E-state index contributed by atoms with van der Waals surface area (Å²) < 4.78 is 13.5. The van der Waals surface area contributed by atoms with Crippen LogP contribution in [0.1, 0.15) is 17.8 Å². The van der Waals surface area contributed by atoms with Crippen molar-refractivity contribution < 1.29 is 9.18 Å². The number of nitrogens with zero attached hydrogens (tertiary/aromatic N) is 1. The van der Waals surface area contributed by atoms with Crippen LogP contribution in [0.3, 0.4) is 0 Å². The van der Waals surface area contributed by atoms with E-state index in [9.17, 15) is 14.0 Å². The number of hydrogen-bond donors (Lipinski definition) is 2. The molecule has 2 N–H and O–H groups in total. The van der Waals surface area contributed by atoms with E-state index < -0.39 is 0 Å². The molecule has 0 unspecified atom stereocenters. The molecular formula is C18H16FN3O2. The molecule has 0 radical (unpaired) electrons. The molecule has 5 nitrogen and oxygen atoms in total. The second-order valence-electron chi connectivity index (χ2n) is 5.54. The maximum absolute atomic E-state index is 13.5. The number of fused-ring (bicyclic) bond motifs is 1. The number of aromatic amines is 1. The lowest BCUT2D eigenvalue weighted by atomic mass is 10.2. The average molecular weight is 325 g/mol. The van der Waals surface area contributed by atoms with Crippen LogP contribution >= 0.6 is 0 Å². The highest BCUT2D eigenvalue weighted by molar-refractivity contribution is 5.90. The zero-order valence-electron chi connectivity index (χ0n) is 13.1. The van der Waals surface area contributed by atoms with Gasteiger partial charge in [0.1, 0.15) is 11.6 Å². The predicted molar refractivity (Wildman–Crippen MR) is 90.5 cm³/mol. The van der Waals surface area contributed by atoms with Crippen LogP contribution in [0.25, 0.3) is 10.9 Å². The summed E-state index contributed by atoms with van der Waals surface area (Å²) in [5.74, 6) is -0.189. The molecule has 0 bridgehead atoms. The third kappa shape index (κ3) is 3.48. The van der Waals surface area contributed by atoms with Crippen LogP contribution in [0.2, 0.25) is 0 Å². The van der Waals surface area contributed by atoms with Crippen molar-refractivity contribution in [2.45, 2.75) is 19.8 Å². The Hall–Kier alpha value is -3.02. The molecule has 0 atom stereocenters. The zero-order chi connectivity index (χ0) is 17.1. The van der Waals surface area contributed by atoms with E-state index in [0.717, 1.165) is 0 Å². The number of halogens is 1. The number of aryl methyl sites for hydroxylation is 2. The predicted octanol–water partition coefficient (Wildman–Crippen LogP) is 2.94. The van der Waals surface area contributed by atoms with Crippen molar-refractivity contribution in [3.05, 3.63) is 70.0 Å². The van der Waals surface area contributed by atoms with Gasteiger partial charge in [0.2, 0.25) is 5.91 Å². The molecule has 0 aliphatic heterocycles. The number of hydrogen-bond acceptors (Lipinski definition) is 3. The fourth-order valence-electron chi connectivity index (χ4n) is 2.38. The first-order valence-corrected chi connectivity index (χ1v) is 7.57. The molecule has 6 heteroatoms. The number of benzene rings is 2. The minimum absolute atomic E-state index is 0.136. The smallest absolute Gasteiger partial charge is 0.258 e. The number of rotatable bonds is 4. The van der Waals surface area contributed by atoms with Crippen molar-refractivity contribution in [1.82, 2.24) is 9.97 Å². The van der Waals surface area contributed by atoms with Gasteiger partial charge in [-0.05, 0) is 36.8 Å². The molecule has 2 aromatic carbocycles. The Labute approximate surface area is 137 Å². The molecule has 3 aromatic rings. The molecule has 1 aromatic heterocycles. The van der Waals surface area contributed by atoms with Gasteiger partial charge in [-0.25, -0.2) is 9.37 Å². The minimum Gasteiger partial charge on any atom is -0.326 e. The lowest BCUT2D eigenvalue weighted by Gasteiger charge is -2.07. The number of nitrogens with one attached hydrogen (secondary N) is 2. The summed E-state index contributed by atoms with van der Waals surface area (Å²) in [5.41, 5.74) is 1.29. The highest BCUT2D eigenvalue weighted by Crippen LogP contribution is 2.14. The SMILES string of the molecule is Cc1ccc(NC(=O)CCc2nc3ccccc3c(=O)[nH]2)cc1F. The van der Waals surface area contributed by atoms with Crippen LogP contribution in [0.15, 0.2) is 47.3 Å².